The number of carbonyl (C=O) groups excluding carboxylic acids is 2. The molecule has 2 heterocycles. The van der Waals surface area contributed by atoms with Crippen LogP contribution in [0.5, 0.6) is 0 Å². The zero-order valence-electron chi connectivity index (χ0n) is 17.1. The average molecular weight is 403 g/mol. The Kier molecular flexibility index (Phi) is 6.44. The van der Waals surface area contributed by atoms with Gasteiger partial charge in [0.15, 0.2) is 0 Å². The molecule has 0 saturated carbocycles. The van der Waals surface area contributed by atoms with Gasteiger partial charge in [-0.2, -0.15) is 0 Å². The number of benzene rings is 1. The molecule has 0 aliphatic carbocycles. The van der Waals surface area contributed by atoms with Crippen LogP contribution in [0.25, 0.3) is 0 Å². The topological polar surface area (TPSA) is 77.6 Å². The molecule has 2 N–H and O–H groups in total. The minimum absolute atomic E-state index is 0.188. The second kappa shape index (κ2) is 9.19. The second-order valence-corrected chi connectivity index (χ2v) is 6.73. The Morgan fingerprint density at radius 3 is 2.57 bits per heavy atom. The van der Waals surface area contributed by atoms with Crippen molar-refractivity contribution in [2.45, 2.75) is 19.5 Å². The number of aromatic nitrogens is 1. The first kappa shape index (κ1) is 21.0. The maximum atomic E-state index is 13.4. The summed E-state index contributed by atoms with van der Waals surface area (Å²) in [5.74, 6) is 0.239. The van der Waals surface area contributed by atoms with E-state index in [0.717, 1.165) is 5.69 Å². The van der Waals surface area contributed by atoms with Crippen molar-refractivity contribution < 1.29 is 9.59 Å². The van der Waals surface area contributed by atoms with E-state index in [9.17, 15) is 9.59 Å². The van der Waals surface area contributed by atoms with Gasteiger partial charge in [0.2, 0.25) is 5.91 Å². The molecule has 1 aliphatic heterocycles. The van der Waals surface area contributed by atoms with Crippen LogP contribution in [0, 0.1) is 0 Å². The summed E-state index contributed by atoms with van der Waals surface area (Å²) < 4.78 is 0. The van der Waals surface area contributed by atoms with Crippen molar-refractivity contribution in [1.82, 2.24) is 15.2 Å². The van der Waals surface area contributed by atoms with Crippen molar-refractivity contribution in [2.75, 3.05) is 17.3 Å². The Labute approximate surface area is 176 Å². The number of hydrogen-bond acceptors (Lipinski definition) is 4. The first-order valence-electron chi connectivity index (χ1n) is 9.60. The average Bonchev–Trinajstić information content (AvgIpc) is 2.77. The maximum absolute atomic E-state index is 13.4. The van der Waals surface area contributed by atoms with E-state index in [4.69, 9.17) is 0 Å². The summed E-state index contributed by atoms with van der Waals surface area (Å²) in [5, 5.41) is 5.70. The van der Waals surface area contributed by atoms with Gasteiger partial charge in [-0.25, -0.2) is 9.78 Å². The Hall–Kier alpha value is -3.71. The van der Waals surface area contributed by atoms with E-state index in [0.29, 0.717) is 22.9 Å². The number of fused-ring (bicyclic) bond motifs is 1. The van der Waals surface area contributed by atoms with Crippen LogP contribution in [0.1, 0.15) is 12.6 Å². The van der Waals surface area contributed by atoms with Crippen LogP contribution < -0.4 is 15.5 Å². The number of amides is 3. The smallest absolute Gasteiger partial charge is 0.309 e. The second-order valence-electron chi connectivity index (χ2n) is 6.73. The number of urea groups is 1. The van der Waals surface area contributed by atoms with Gasteiger partial charge < -0.3 is 10.6 Å². The molecule has 1 aromatic carbocycles. The minimum Gasteiger partial charge on any atom is -0.309 e. The molecule has 30 heavy (non-hydrogen) atoms. The molecule has 1 aliphatic rings. The van der Waals surface area contributed by atoms with Crippen LogP contribution in [0.15, 0.2) is 79.5 Å². The highest BCUT2D eigenvalue weighted by atomic mass is 16.2. The lowest BCUT2D eigenvalue weighted by Crippen LogP contribution is -2.44. The van der Waals surface area contributed by atoms with Crippen molar-refractivity contribution >= 4 is 29.1 Å². The fourth-order valence-corrected chi connectivity index (χ4v) is 3.11. The molecule has 0 spiro atoms. The van der Waals surface area contributed by atoms with Gasteiger partial charge in [0, 0.05) is 5.70 Å². The lowest BCUT2D eigenvalue weighted by atomic mass is 10.1. The van der Waals surface area contributed by atoms with Crippen molar-refractivity contribution in [3.63, 3.8) is 0 Å². The molecule has 0 unspecified atom stereocenters. The van der Waals surface area contributed by atoms with Gasteiger partial charge in [-0.1, -0.05) is 37.4 Å². The molecule has 1 aromatic heterocycles. The molecule has 154 valence electrons. The highest BCUT2D eigenvalue weighted by Gasteiger charge is 2.33. The quantitative estimate of drug-likeness (QED) is 0.686. The SMILES string of the molecule is C=C/C=C(\C=C)N1Cc2nc(NC(=O)[C@H](C)NC)ccc2N(c2ccccc2)C1=O. The largest absolute Gasteiger partial charge is 0.334 e. The molecular formula is C23H25N5O2. The van der Waals surface area contributed by atoms with E-state index in [1.54, 1.807) is 54.1 Å². The van der Waals surface area contributed by atoms with Crippen molar-refractivity contribution in [1.29, 1.82) is 0 Å². The third kappa shape index (κ3) is 4.16. The summed E-state index contributed by atoms with van der Waals surface area (Å²) in [4.78, 5) is 33.4. The minimum atomic E-state index is -0.357. The van der Waals surface area contributed by atoms with E-state index in [2.05, 4.69) is 28.8 Å². The number of hydrogen-bond donors (Lipinski definition) is 2. The number of pyridine rings is 1. The zero-order chi connectivity index (χ0) is 21.7. The number of nitrogens with zero attached hydrogens (tertiary/aromatic N) is 3. The lowest BCUT2D eigenvalue weighted by molar-refractivity contribution is -0.117. The third-order valence-electron chi connectivity index (χ3n) is 4.82. The Balaban J connectivity index is 2.06. The number of allylic oxidation sites excluding steroid dienone is 3. The lowest BCUT2D eigenvalue weighted by Gasteiger charge is -2.37. The molecule has 0 fully saturated rings. The summed E-state index contributed by atoms with van der Waals surface area (Å²) in [6.45, 7) is 9.54. The van der Waals surface area contributed by atoms with Crippen molar-refractivity contribution in [2.24, 2.45) is 0 Å². The maximum Gasteiger partial charge on any atom is 0.334 e. The predicted octanol–water partition coefficient (Wildman–Crippen LogP) is 3.96. The van der Waals surface area contributed by atoms with Gasteiger partial charge in [-0.3, -0.25) is 14.6 Å². The molecule has 0 radical (unpaired) electrons. The normalized spacial score (nSPS) is 14.7. The van der Waals surface area contributed by atoms with Crippen LogP contribution in [0.4, 0.5) is 22.0 Å². The highest BCUT2D eigenvalue weighted by Crippen LogP contribution is 2.36. The number of para-hydroxylation sites is 1. The molecule has 2 aromatic rings. The number of anilines is 3. The van der Waals surface area contributed by atoms with Crippen molar-refractivity contribution in [3.8, 4) is 0 Å². The molecule has 7 heteroatoms. The molecule has 1 atom stereocenters. The highest BCUT2D eigenvalue weighted by molar-refractivity contribution is 6.03. The molecule has 7 nitrogen and oxygen atoms in total. The van der Waals surface area contributed by atoms with E-state index in [-0.39, 0.29) is 24.5 Å². The Morgan fingerprint density at radius 2 is 1.93 bits per heavy atom. The van der Waals surface area contributed by atoms with Crippen LogP contribution in [0.3, 0.4) is 0 Å². The number of carbonyl (C=O) groups is 2. The summed E-state index contributed by atoms with van der Waals surface area (Å²) in [7, 11) is 1.72. The van der Waals surface area contributed by atoms with Crippen LogP contribution in [-0.4, -0.2) is 34.9 Å². The van der Waals surface area contributed by atoms with Gasteiger partial charge in [0.1, 0.15) is 5.82 Å². The Morgan fingerprint density at radius 1 is 1.20 bits per heavy atom. The fraction of sp³-hybridized carbons (Fsp3) is 0.174. The van der Waals surface area contributed by atoms with Gasteiger partial charge in [-0.05, 0) is 50.4 Å². The predicted molar refractivity (Wildman–Crippen MR) is 119 cm³/mol. The third-order valence-corrected chi connectivity index (χ3v) is 4.82. The first-order valence-corrected chi connectivity index (χ1v) is 9.60. The summed E-state index contributed by atoms with van der Waals surface area (Å²) in [6, 6.07) is 12.3. The molecular weight excluding hydrogens is 378 g/mol. The zero-order valence-corrected chi connectivity index (χ0v) is 17.1. The standard InChI is InChI=1S/C23H25N5O2/c1-5-10-17(6-2)27-15-19-20(28(23(27)30)18-11-8-7-9-12-18)13-14-21(25-19)26-22(29)16(3)24-4/h5-14,16,24H,1-2,15H2,3-4H3,(H,25,26,29)/b17-10+/t16-/m0/s1. The van der Waals surface area contributed by atoms with Crippen molar-refractivity contribution in [3.05, 3.63) is 85.2 Å². The van der Waals surface area contributed by atoms with E-state index >= 15 is 0 Å². The molecule has 3 amide bonds. The van der Waals surface area contributed by atoms with Gasteiger partial charge in [0.05, 0.1) is 29.7 Å². The Bertz CT molecular complexity index is 1000. The van der Waals surface area contributed by atoms with Gasteiger partial charge >= 0.3 is 6.03 Å². The van der Waals surface area contributed by atoms with E-state index in [1.165, 1.54) is 0 Å². The molecule has 0 saturated heterocycles. The fourth-order valence-electron chi connectivity index (χ4n) is 3.11. The molecule has 3 rings (SSSR count). The van der Waals surface area contributed by atoms with Gasteiger partial charge in [0.25, 0.3) is 0 Å². The van der Waals surface area contributed by atoms with E-state index < -0.39 is 0 Å². The molecule has 0 bridgehead atoms. The number of nitrogens with one attached hydrogen (secondary N) is 2. The van der Waals surface area contributed by atoms with Gasteiger partial charge in [-0.15, -0.1) is 0 Å². The summed E-state index contributed by atoms with van der Waals surface area (Å²) in [5.41, 5.74) is 2.66. The van der Waals surface area contributed by atoms with E-state index in [1.807, 2.05) is 30.3 Å². The first-order chi connectivity index (χ1) is 14.5. The summed E-state index contributed by atoms with van der Waals surface area (Å²) >= 11 is 0. The summed E-state index contributed by atoms with van der Waals surface area (Å²) in [6.07, 6.45) is 4.93. The van der Waals surface area contributed by atoms with Crippen LogP contribution >= 0.6 is 0 Å². The number of likely N-dealkylation sites (N-methyl/N-ethyl adjacent to an activating group) is 1. The number of rotatable bonds is 7. The van der Waals surface area contributed by atoms with Crippen LogP contribution in [0.2, 0.25) is 0 Å². The monoisotopic (exact) mass is 403 g/mol. The van der Waals surface area contributed by atoms with Crippen LogP contribution in [-0.2, 0) is 11.3 Å².